The predicted octanol–water partition coefficient (Wildman–Crippen LogP) is 3.89. The number of nitrogens with one attached hydrogen (secondary N) is 1. The Labute approximate surface area is 127 Å². The van der Waals surface area contributed by atoms with Crippen LogP contribution in [0.2, 0.25) is 5.02 Å². The van der Waals surface area contributed by atoms with Gasteiger partial charge in [0.1, 0.15) is 5.75 Å². The molecule has 3 nitrogen and oxygen atoms in total. The second kappa shape index (κ2) is 8.43. The molecule has 0 fully saturated rings. The fraction of sp³-hybridized carbons (Fsp3) is 0.500. The van der Waals surface area contributed by atoms with Crippen molar-refractivity contribution in [3.05, 3.63) is 28.8 Å². The first-order chi connectivity index (χ1) is 9.12. The molecule has 1 aromatic rings. The maximum Gasteiger partial charge on any atom is 0.255 e. The predicted molar refractivity (Wildman–Crippen MR) is 82.5 cm³/mol. The zero-order valence-electron chi connectivity index (χ0n) is 11.2. The first-order valence-corrected chi connectivity index (χ1v) is 7.80. The third-order valence-electron chi connectivity index (χ3n) is 3.05. The summed E-state index contributed by atoms with van der Waals surface area (Å²) in [6.07, 6.45) is 2.10. The van der Waals surface area contributed by atoms with Gasteiger partial charge in [-0.15, -0.1) is 0 Å². The highest BCUT2D eigenvalue weighted by Gasteiger charge is 2.14. The minimum Gasteiger partial charge on any atom is -0.496 e. The van der Waals surface area contributed by atoms with E-state index < -0.39 is 0 Å². The number of amides is 1. The van der Waals surface area contributed by atoms with Crippen molar-refractivity contribution >= 4 is 33.4 Å². The van der Waals surface area contributed by atoms with E-state index in [0.29, 0.717) is 28.8 Å². The molecule has 19 heavy (non-hydrogen) atoms. The number of methoxy groups -OCH3 is 1. The number of carbonyl (C=O) groups is 1. The van der Waals surface area contributed by atoms with Crippen LogP contribution in [0.25, 0.3) is 0 Å². The lowest BCUT2D eigenvalue weighted by Gasteiger charge is -2.15. The van der Waals surface area contributed by atoms with Crippen molar-refractivity contribution in [3.8, 4) is 5.75 Å². The van der Waals surface area contributed by atoms with E-state index in [4.69, 9.17) is 16.3 Å². The van der Waals surface area contributed by atoms with E-state index in [1.54, 1.807) is 18.2 Å². The lowest BCUT2D eigenvalue weighted by atomic mass is 10.0. The first-order valence-electron chi connectivity index (χ1n) is 6.30. The van der Waals surface area contributed by atoms with Gasteiger partial charge in [-0.25, -0.2) is 0 Å². The number of hydrogen-bond donors (Lipinski definition) is 1. The van der Waals surface area contributed by atoms with Crippen LogP contribution in [-0.2, 0) is 0 Å². The van der Waals surface area contributed by atoms with Gasteiger partial charge in [-0.1, -0.05) is 40.9 Å². The van der Waals surface area contributed by atoms with Gasteiger partial charge in [-0.2, -0.15) is 0 Å². The standard InChI is InChI=1S/C14H19BrClNO2/c1-3-10(6-7-15)9-17-14(18)12-5-4-11(16)8-13(12)19-2/h4-5,8,10H,3,6-7,9H2,1-2H3,(H,17,18). The molecule has 1 amide bonds. The fourth-order valence-corrected chi connectivity index (χ4v) is 2.60. The zero-order valence-corrected chi connectivity index (χ0v) is 13.6. The van der Waals surface area contributed by atoms with Crippen LogP contribution in [0.15, 0.2) is 18.2 Å². The SMILES string of the molecule is CCC(CCBr)CNC(=O)c1ccc(Cl)cc1OC. The van der Waals surface area contributed by atoms with Gasteiger partial charge in [0.25, 0.3) is 5.91 Å². The second-order valence-corrected chi connectivity index (χ2v) is 5.54. The first kappa shape index (κ1) is 16.3. The highest BCUT2D eigenvalue weighted by atomic mass is 79.9. The summed E-state index contributed by atoms with van der Waals surface area (Å²) < 4.78 is 5.18. The van der Waals surface area contributed by atoms with Crippen LogP contribution in [-0.4, -0.2) is 24.9 Å². The molecule has 0 aliphatic carbocycles. The average molecular weight is 349 g/mol. The Bertz CT molecular complexity index is 426. The molecule has 0 heterocycles. The highest BCUT2D eigenvalue weighted by Crippen LogP contribution is 2.23. The van der Waals surface area contributed by atoms with Gasteiger partial charge >= 0.3 is 0 Å². The third-order valence-corrected chi connectivity index (χ3v) is 3.75. The molecule has 5 heteroatoms. The van der Waals surface area contributed by atoms with Crippen LogP contribution in [0, 0.1) is 5.92 Å². The quantitative estimate of drug-likeness (QED) is 0.759. The van der Waals surface area contributed by atoms with Gasteiger partial charge in [-0.05, 0) is 30.5 Å². The van der Waals surface area contributed by atoms with Crippen LogP contribution in [0.1, 0.15) is 30.1 Å². The summed E-state index contributed by atoms with van der Waals surface area (Å²) in [6, 6.07) is 5.02. The van der Waals surface area contributed by atoms with Gasteiger partial charge < -0.3 is 10.1 Å². The van der Waals surface area contributed by atoms with Crippen molar-refractivity contribution in [1.82, 2.24) is 5.32 Å². The summed E-state index contributed by atoms with van der Waals surface area (Å²) in [5.41, 5.74) is 0.514. The molecule has 0 bridgehead atoms. The molecule has 0 saturated heterocycles. The van der Waals surface area contributed by atoms with E-state index in [9.17, 15) is 4.79 Å². The van der Waals surface area contributed by atoms with Gasteiger partial charge in [0, 0.05) is 16.9 Å². The molecule has 1 N–H and O–H groups in total. The number of halogens is 2. The molecule has 0 radical (unpaired) electrons. The number of rotatable bonds is 7. The number of hydrogen-bond acceptors (Lipinski definition) is 2. The van der Waals surface area contributed by atoms with Crippen LogP contribution in [0.3, 0.4) is 0 Å². The minimum atomic E-state index is -0.124. The third kappa shape index (κ3) is 5.03. The Balaban J connectivity index is 2.67. The summed E-state index contributed by atoms with van der Waals surface area (Å²) in [6.45, 7) is 2.80. The zero-order chi connectivity index (χ0) is 14.3. The topological polar surface area (TPSA) is 38.3 Å². The number of benzene rings is 1. The fourth-order valence-electron chi connectivity index (χ4n) is 1.79. The molecule has 0 aromatic heterocycles. The summed E-state index contributed by atoms with van der Waals surface area (Å²) in [5, 5.41) is 4.45. The van der Waals surface area contributed by atoms with Crippen molar-refractivity contribution < 1.29 is 9.53 Å². The Morgan fingerprint density at radius 2 is 2.26 bits per heavy atom. The van der Waals surface area contributed by atoms with Crippen molar-refractivity contribution in [2.75, 3.05) is 19.0 Å². The number of ether oxygens (including phenoxy) is 1. The second-order valence-electron chi connectivity index (χ2n) is 4.31. The van der Waals surface area contributed by atoms with Crippen LogP contribution >= 0.6 is 27.5 Å². The number of carbonyl (C=O) groups excluding carboxylic acids is 1. The normalized spacial score (nSPS) is 12.0. The minimum absolute atomic E-state index is 0.124. The van der Waals surface area contributed by atoms with E-state index in [0.717, 1.165) is 18.2 Å². The summed E-state index contributed by atoms with van der Waals surface area (Å²) in [5.74, 6) is 0.863. The smallest absolute Gasteiger partial charge is 0.255 e. The molecule has 1 rings (SSSR count). The molecule has 1 atom stereocenters. The lowest BCUT2D eigenvalue weighted by Crippen LogP contribution is -2.29. The van der Waals surface area contributed by atoms with Crippen molar-refractivity contribution in [3.63, 3.8) is 0 Å². The largest absolute Gasteiger partial charge is 0.496 e. The molecule has 0 aliphatic heterocycles. The lowest BCUT2D eigenvalue weighted by molar-refractivity contribution is 0.0943. The Kier molecular flexibility index (Phi) is 7.24. The maximum atomic E-state index is 12.1. The molecule has 1 aromatic carbocycles. The summed E-state index contributed by atoms with van der Waals surface area (Å²) in [4.78, 5) is 12.1. The van der Waals surface area contributed by atoms with Gasteiger partial charge in [0.2, 0.25) is 0 Å². The number of alkyl halides is 1. The van der Waals surface area contributed by atoms with E-state index >= 15 is 0 Å². The summed E-state index contributed by atoms with van der Waals surface area (Å²) in [7, 11) is 1.53. The monoisotopic (exact) mass is 347 g/mol. The van der Waals surface area contributed by atoms with E-state index in [-0.39, 0.29) is 5.91 Å². The Morgan fingerprint density at radius 1 is 1.53 bits per heavy atom. The van der Waals surface area contributed by atoms with Crippen LogP contribution < -0.4 is 10.1 Å². The van der Waals surface area contributed by atoms with E-state index in [1.807, 2.05) is 0 Å². The highest BCUT2D eigenvalue weighted by molar-refractivity contribution is 9.09. The van der Waals surface area contributed by atoms with Gasteiger partial charge in [-0.3, -0.25) is 4.79 Å². The Hall–Kier alpha value is -0.740. The molecular formula is C14H19BrClNO2. The van der Waals surface area contributed by atoms with Crippen molar-refractivity contribution in [2.24, 2.45) is 5.92 Å². The van der Waals surface area contributed by atoms with Crippen molar-refractivity contribution in [2.45, 2.75) is 19.8 Å². The van der Waals surface area contributed by atoms with Crippen LogP contribution in [0.4, 0.5) is 0 Å². The molecule has 106 valence electrons. The van der Waals surface area contributed by atoms with Crippen LogP contribution in [0.5, 0.6) is 5.75 Å². The van der Waals surface area contributed by atoms with E-state index in [2.05, 4.69) is 28.2 Å². The molecule has 0 aliphatic rings. The van der Waals surface area contributed by atoms with E-state index in [1.165, 1.54) is 7.11 Å². The molecule has 1 unspecified atom stereocenters. The summed E-state index contributed by atoms with van der Waals surface area (Å²) >= 11 is 9.30. The van der Waals surface area contributed by atoms with Gasteiger partial charge in [0.05, 0.1) is 12.7 Å². The molecule has 0 spiro atoms. The maximum absolute atomic E-state index is 12.1. The molecular weight excluding hydrogens is 330 g/mol. The van der Waals surface area contributed by atoms with Gasteiger partial charge in [0.15, 0.2) is 0 Å². The average Bonchev–Trinajstić information content (AvgIpc) is 2.42. The van der Waals surface area contributed by atoms with Crippen molar-refractivity contribution in [1.29, 1.82) is 0 Å². The Morgan fingerprint density at radius 3 is 2.84 bits per heavy atom. The molecule has 0 saturated carbocycles.